The van der Waals surface area contributed by atoms with Gasteiger partial charge in [0.25, 0.3) is 0 Å². The average molecular weight is 415 g/mol. The highest BCUT2D eigenvalue weighted by atomic mass is 16.2. The van der Waals surface area contributed by atoms with Gasteiger partial charge in [0.2, 0.25) is 5.91 Å². The van der Waals surface area contributed by atoms with Crippen molar-refractivity contribution in [2.45, 2.75) is 45.3 Å². The molecular formula is C23H38N6O. The van der Waals surface area contributed by atoms with Crippen molar-refractivity contribution in [3.8, 4) is 0 Å². The quantitative estimate of drug-likeness (QED) is 0.472. The topological polar surface area (TPSA) is 63.2 Å². The van der Waals surface area contributed by atoms with Crippen molar-refractivity contribution in [3.05, 3.63) is 35.9 Å². The number of nitrogens with one attached hydrogen (secondary N) is 2. The minimum absolute atomic E-state index is 0.168. The molecule has 7 heteroatoms. The fourth-order valence-corrected chi connectivity index (χ4v) is 3.63. The van der Waals surface area contributed by atoms with Crippen LogP contribution in [0.2, 0.25) is 0 Å². The third kappa shape index (κ3) is 7.29. The summed E-state index contributed by atoms with van der Waals surface area (Å²) in [6, 6.07) is 11.4. The van der Waals surface area contributed by atoms with Crippen molar-refractivity contribution < 1.29 is 4.79 Å². The van der Waals surface area contributed by atoms with Gasteiger partial charge in [-0.3, -0.25) is 19.6 Å². The monoisotopic (exact) mass is 414 g/mol. The van der Waals surface area contributed by atoms with Crippen molar-refractivity contribution in [1.29, 1.82) is 0 Å². The maximum absolute atomic E-state index is 12.0. The van der Waals surface area contributed by atoms with E-state index in [9.17, 15) is 4.79 Å². The molecular weight excluding hydrogens is 376 g/mol. The predicted molar refractivity (Wildman–Crippen MR) is 123 cm³/mol. The first-order valence-corrected chi connectivity index (χ1v) is 11.3. The molecule has 1 heterocycles. The Labute approximate surface area is 181 Å². The number of piperazine rings is 1. The second kappa shape index (κ2) is 11.3. The van der Waals surface area contributed by atoms with E-state index in [1.807, 2.05) is 0 Å². The number of aliphatic imine (C=N–C) groups is 1. The molecule has 0 bridgehead atoms. The molecule has 2 N–H and O–H groups in total. The van der Waals surface area contributed by atoms with E-state index in [0.717, 1.165) is 64.6 Å². The molecule has 1 aromatic rings. The highest BCUT2D eigenvalue weighted by Gasteiger charge is 2.26. The van der Waals surface area contributed by atoms with Crippen LogP contribution in [0.15, 0.2) is 35.3 Å². The zero-order valence-electron chi connectivity index (χ0n) is 18.8. The van der Waals surface area contributed by atoms with Crippen LogP contribution in [0, 0.1) is 0 Å². The van der Waals surface area contributed by atoms with Crippen LogP contribution in [-0.4, -0.2) is 91.5 Å². The van der Waals surface area contributed by atoms with Crippen LogP contribution in [0.4, 0.5) is 0 Å². The Kier molecular flexibility index (Phi) is 8.51. The molecule has 1 amide bonds. The Hall–Kier alpha value is -2.12. The van der Waals surface area contributed by atoms with Crippen LogP contribution >= 0.6 is 0 Å². The first kappa shape index (κ1) is 22.6. The van der Waals surface area contributed by atoms with E-state index in [2.05, 4.69) is 76.6 Å². The average Bonchev–Trinajstić information content (AvgIpc) is 3.56. The molecule has 3 rings (SSSR count). The number of guanidine groups is 1. The largest absolute Gasteiger partial charge is 0.357 e. The Morgan fingerprint density at radius 2 is 1.90 bits per heavy atom. The fraction of sp³-hybridized carbons (Fsp3) is 0.652. The van der Waals surface area contributed by atoms with E-state index in [0.29, 0.717) is 18.6 Å². The Bertz CT molecular complexity index is 682. The van der Waals surface area contributed by atoms with Crippen molar-refractivity contribution in [3.63, 3.8) is 0 Å². The van der Waals surface area contributed by atoms with E-state index < -0.39 is 0 Å². The van der Waals surface area contributed by atoms with Gasteiger partial charge in [-0.25, -0.2) is 0 Å². The van der Waals surface area contributed by atoms with Gasteiger partial charge in [0, 0.05) is 51.4 Å². The van der Waals surface area contributed by atoms with Gasteiger partial charge >= 0.3 is 0 Å². The number of nitrogens with zero attached hydrogens (tertiary/aromatic N) is 4. The van der Waals surface area contributed by atoms with Gasteiger partial charge in [-0.15, -0.1) is 0 Å². The lowest BCUT2D eigenvalue weighted by Gasteiger charge is -2.36. The zero-order valence-corrected chi connectivity index (χ0v) is 18.8. The summed E-state index contributed by atoms with van der Waals surface area (Å²) in [5.74, 6) is 1.15. The maximum Gasteiger partial charge on any atom is 0.234 e. The lowest BCUT2D eigenvalue weighted by molar-refractivity contribution is -0.122. The van der Waals surface area contributed by atoms with Gasteiger partial charge in [0.05, 0.1) is 13.1 Å². The summed E-state index contributed by atoms with van der Waals surface area (Å²) in [6.45, 7) is 11.0. The smallest absolute Gasteiger partial charge is 0.234 e. The number of hydrogen-bond acceptors (Lipinski definition) is 4. The van der Waals surface area contributed by atoms with Crippen molar-refractivity contribution >= 4 is 11.9 Å². The fourth-order valence-electron chi connectivity index (χ4n) is 3.63. The second-order valence-corrected chi connectivity index (χ2v) is 8.55. The van der Waals surface area contributed by atoms with Crippen LogP contribution in [0.25, 0.3) is 0 Å². The molecule has 2 fully saturated rings. The number of carbonyl (C=O) groups excluding carboxylic acids is 1. The van der Waals surface area contributed by atoms with Crippen LogP contribution in [0.5, 0.6) is 0 Å². The van der Waals surface area contributed by atoms with E-state index in [1.165, 1.54) is 5.56 Å². The van der Waals surface area contributed by atoms with Gasteiger partial charge in [-0.1, -0.05) is 30.3 Å². The normalized spacial score (nSPS) is 19.1. The van der Waals surface area contributed by atoms with E-state index in [1.54, 1.807) is 0 Å². The first-order chi connectivity index (χ1) is 14.5. The predicted octanol–water partition coefficient (Wildman–Crippen LogP) is 1.37. The van der Waals surface area contributed by atoms with Gasteiger partial charge in [0.1, 0.15) is 0 Å². The highest BCUT2D eigenvalue weighted by Crippen LogP contribution is 2.18. The Balaban J connectivity index is 1.46. The van der Waals surface area contributed by atoms with Crippen molar-refractivity contribution in [1.82, 2.24) is 25.3 Å². The molecule has 1 saturated carbocycles. The van der Waals surface area contributed by atoms with Crippen LogP contribution in [0.1, 0.15) is 32.3 Å². The summed E-state index contributed by atoms with van der Waals surface area (Å²) in [6.07, 6.45) is 2.28. The van der Waals surface area contributed by atoms with Gasteiger partial charge in [0.15, 0.2) is 5.96 Å². The maximum atomic E-state index is 12.0. The van der Waals surface area contributed by atoms with E-state index in [-0.39, 0.29) is 5.91 Å². The second-order valence-electron chi connectivity index (χ2n) is 8.55. The lowest BCUT2D eigenvalue weighted by atomic mass is 10.2. The highest BCUT2D eigenvalue weighted by molar-refractivity contribution is 5.80. The molecule has 0 spiro atoms. The molecule has 1 aromatic carbocycles. The van der Waals surface area contributed by atoms with Gasteiger partial charge < -0.3 is 15.5 Å². The number of likely N-dealkylation sites (N-methyl/N-ethyl adjacent to an activating group) is 1. The molecule has 30 heavy (non-hydrogen) atoms. The number of benzene rings is 1. The summed E-state index contributed by atoms with van der Waals surface area (Å²) >= 11 is 0. The number of carbonyl (C=O) groups is 1. The van der Waals surface area contributed by atoms with Crippen LogP contribution in [0.3, 0.4) is 0 Å². The number of rotatable bonds is 9. The van der Waals surface area contributed by atoms with Gasteiger partial charge in [-0.05, 0) is 39.3 Å². The summed E-state index contributed by atoms with van der Waals surface area (Å²) in [5, 5.41) is 6.53. The lowest BCUT2D eigenvalue weighted by Crippen LogP contribution is -2.54. The SMILES string of the molecule is CCNC(=NCC(C)N(C)Cc1ccccc1)N1CCN(CC(=O)NC2CC2)CC1. The van der Waals surface area contributed by atoms with Crippen LogP contribution < -0.4 is 10.6 Å². The zero-order chi connectivity index (χ0) is 21.3. The van der Waals surface area contributed by atoms with Crippen molar-refractivity contribution in [2.24, 2.45) is 4.99 Å². The summed E-state index contributed by atoms with van der Waals surface area (Å²) in [5.41, 5.74) is 1.32. The summed E-state index contributed by atoms with van der Waals surface area (Å²) < 4.78 is 0. The number of hydrogen-bond donors (Lipinski definition) is 2. The minimum atomic E-state index is 0.168. The molecule has 1 aliphatic heterocycles. The minimum Gasteiger partial charge on any atom is -0.357 e. The van der Waals surface area contributed by atoms with Gasteiger partial charge in [-0.2, -0.15) is 0 Å². The summed E-state index contributed by atoms with van der Waals surface area (Å²) in [4.78, 5) is 23.9. The number of amides is 1. The van der Waals surface area contributed by atoms with E-state index in [4.69, 9.17) is 4.99 Å². The Morgan fingerprint density at radius 3 is 2.53 bits per heavy atom. The summed E-state index contributed by atoms with van der Waals surface area (Å²) in [7, 11) is 2.16. The standard InChI is InChI=1S/C23H38N6O/c1-4-24-23(25-16-19(2)27(3)17-20-8-6-5-7-9-20)29-14-12-28(13-15-29)18-22(30)26-21-10-11-21/h5-9,19,21H,4,10-18H2,1-3H3,(H,24,25)(H,26,30). The third-order valence-electron chi connectivity index (χ3n) is 5.85. The molecule has 0 aromatic heterocycles. The van der Waals surface area contributed by atoms with Crippen LogP contribution in [-0.2, 0) is 11.3 Å². The molecule has 1 aliphatic carbocycles. The molecule has 1 atom stereocenters. The molecule has 1 saturated heterocycles. The molecule has 0 radical (unpaired) electrons. The van der Waals surface area contributed by atoms with E-state index >= 15 is 0 Å². The first-order valence-electron chi connectivity index (χ1n) is 11.3. The molecule has 2 aliphatic rings. The molecule has 1 unspecified atom stereocenters. The third-order valence-corrected chi connectivity index (χ3v) is 5.85. The Morgan fingerprint density at radius 1 is 1.20 bits per heavy atom. The van der Waals surface area contributed by atoms with Crippen molar-refractivity contribution in [2.75, 3.05) is 52.9 Å². The molecule has 166 valence electrons. The molecule has 7 nitrogen and oxygen atoms in total.